The molecule has 0 fully saturated rings. The zero-order valence-electron chi connectivity index (χ0n) is 20.1. The number of hydrogen-bond donors (Lipinski definition) is 2. The van der Waals surface area contributed by atoms with Gasteiger partial charge in [-0.3, -0.25) is 9.69 Å². The molecule has 3 N–H and O–H groups in total. The number of aromatic nitrogens is 1. The molecule has 0 saturated heterocycles. The number of nitrogens with zero attached hydrogens (tertiary/aromatic N) is 2. The molecule has 0 bridgehead atoms. The predicted molar refractivity (Wildman–Crippen MR) is 139 cm³/mol. The Balaban J connectivity index is 1.27. The lowest BCUT2D eigenvalue weighted by Gasteiger charge is -2.26. The van der Waals surface area contributed by atoms with Gasteiger partial charge in [-0.15, -0.1) is 0 Å². The van der Waals surface area contributed by atoms with Gasteiger partial charge in [0.2, 0.25) is 5.91 Å². The summed E-state index contributed by atoms with van der Waals surface area (Å²) in [5, 5.41) is 5.43. The SMILES string of the molecule is CN(CCOCCn1c2ccccc2c2ccccc21)C(CCN)C(=O)NCc1ccc(F)cc1. The number of benzene rings is 3. The van der Waals surface area contributed by atoms with E-state index in [1.807, 2.05) is 11.9 Å². The van der Waals surface area contributed by atoms with Crippen molar-refractivity contribution in [2.75, 3.05) is 33.4 Å². The van der Waals surface area contributed by atoms with Gasteiger partial charge in [-0.25, -0.2) is 4.39 Å². The molecule has 0 aliphatic rings. The minimum absolute atomic E-state index is 0.0902. The van der Waals surface area contributed by atoms with E-state index < -0.39 is 0 Å². The van der Waals surface area contributed by atoms with Crippen LogP contribution in [-0.2, 0) is 22.6 Å². The van der Waals surface area contributed by atoms with Crippen molar-refractivity contribution in [1.82, 2.24) is 14.8 Å². The first kappa shape index (κ1) is 24.9. The quantitative estimate of drug-likeness (QED) is 0.304. The number of nitrogens with one attached hydrogen (secondary N) is 1. The number of likely N-dealkylation sites (N-methyl/N-ethyl adjacent to an activating group) is 1. The highest BCUT2D eigenvalue weighted by Gasteiger charge is 2.22. The molecular weight excluding hydrogens is 443 g/mol. The molecule has 7 heteroatoms. The number of para-hydroxylation sites is 2. The summed E-state index contributed by atoms with van der Waals surface area (Å²) in [5.41, 5.74) is 9.03. The molecule has 0 aliphatic heterocycles. The zero-order chi connectivity index (χ0) is 24.6. The molecule has 1 aromatic heterocycles. The van der Waals surface area contributed by atoms with Gasteiger partial charge >= 0.3 is 0 Å². The predicted octanol–water partition coefficient (Wildman–Crippen LogP) is 3.92. The smallest absolute Gasteiger partial charge is 0.237 e. The largest absolute Gasteiger partial charge is 0.378 e. The van der Waals surface area contributed by atoms with Crippen LogP contribution in [0.25, 0.3) is 21.8 Å². The average Bonchev–Trinajstić information content (AvgIpc) is 3.20. The van der Waals surface area contributed by atoms with Crippen LogP contribution in [0.2, 0.25) is 0 Å². The summed E-state index contributed by atoms with van der Waals surface area (Å²) in [4.78, 5) is 14.8. The van der Waals surface area contributed by atoms with Crippen LogP contribution in [-0.4, -0.2) is 54.8 Å². The average molecular weight is 477 g/mol. The van der Waals surface area contributed by atoms with E-state index in [9.17, 15) is 9.18 Å². The lowest BCUT2D eigenvalue weighted by molar-refractivity contribution is -0.126. The van der Waals surface area contributed by atoms with E-state index in [-0.39, 0.29) is 17.8 Å². The van der Waals surface area contributed by atoms with Crippen LogP contribution in [0, 0.1) is 5.82 Å². The molecule has 4 aromatic rings. The summed E-state index contributed by atoms with van der Waals surface area (Å²) in [7, 11) is 1.91. The number of halogens is 1. The Bertz CT molecular complexity index is 1200. The topological polar surface area (TPSA) is 72.5 Å². The molecule has 184 valence electrons. The van der Waals surface area contributed by atoms with Gasteiger partial charge in [0.1, 0.15) is 5.82 Å². The Morgan fingerprint density at radius 3 is 2.26 bits per heavy atom. The van der Waals surface area contributed by atoms with E-state index in [2.05, 4.69) is 58.4 Å². The van der Waals surface area contributed by atoms with Gasteiger partial charge in [0.25, 0.3) is 0 Å². The number of rotatable bonds is 12. The highest BCUT2D eigenvalue weighted by atomic mass is 19.1. The number of carbonyl (C=O) groups excluding carboxylic acids is 1. The van der Waals surface area contributed by atoms with Crippen molar-refractivity contribution < 1.29 is 13.9 Å². The molecule has 0 spiro atoms. The Labute approximate surface area is 205 Å². The molecule has 0 aliphatic carbocycles. The van der Waals surface area contributed by atoms with Gasteiger partial charge in [0.15, 0.2) is 0 Å². The van der Waals surface area contributed by atoms with Crippen molar-refractivity contribution in [3.63, 3.8) is 0 Å². The third-order valence-corrected chi connectivity index (χ3v) is 6.38. The van der Waals surface area contributed by atoms with Crippen LogP contribution < -0.4 is 11.1 Å². The van der Waals surface area contributed by atoms with E-state index in [1.165, 1.54) is 33.9 Å². The molecule has 1 amide bonds. The van der Waals surface area contributed by atoms with E-state index in [0.717, 1.165) is 12.1 Å². The number of carbonyl (C=O) groups is 1. The summed E-state index contributed by atoms with van der Waals surface area (Å²) in [6, 6.07) is 22.6. The third kappa shape index (κ3) is 6.06. The zero-order valence-corrected chi connectivity index (χ0v) is 20.1. The molecule has 6 nitrogen and oxygen atoms in total. The van der Waals surface area contributed by atoms with E-state index in [1.54, 1.807) is 12.1 Å². The first-order chi connectivity index (χ1) is 17.1. The van der Waals surface area contributed by atoms with Crippen LogP contribution in [0.1, 0.15) is 12.0 Å². The van der Waals surface area contributed by atoms with Gasteiger partial charge in [-0.2, -0.15) is 0 Å². The Morgan fingerprint density at radius 2 is 1.63 bits per heavy atom. The van der Waals surface area contributed by atoms with Gasteiger partial charge in [-0.1, -0.05) is 48.5 Å². The van der Waals surface area contributed by atoms with Gasteiger partial charge in [0, 0.05) is 41.4 Å². The fourth-order valence-corrected chi connectivity index (χ4v) is 4.49. The Kier molecular flexibility index (Phi) is 8.47. The standard InChI is InChI=1S/C28H33FN4O2/c1-32(27(14-15-30)28(34)31-20-21-10-12-22(29)13-11-21)16-18-35-19-17-33-25-8-4-2-6-23(25)24-7-3-5-9-26(24)33/h2-13,27H,14-20,30H2,1H3,(H,31,34). The first-order valence-corrected chi connectivity index (χ1v) is 12.0. The van der Waals surface area contributed by atoms with E-state index in [0.29, 0.717) is 39.3 Å². The monoisotopic (exact) mass is 476 g/mol. The summed E-state index contributed by atoms with van der Waals surface area (Å²) >= 11 is 0. The summed E-state index contributed by atoms with van der Waals surface area (Å²) < 4.78 is 21.4. The normalized spacial score (nSPS) is 12.5. The van der Waals surface area contributed by atoms with Crippen LogP contribution in [0.4, 0.5) is 4.39 Å². The maximum Gasteiger partial charge on any atom is 0.237 e. The van der Waals surface area contributed by atoms with Crippen molar-refractivity contribution in [3.8, 4) is 0 Å². The molecular formula is C28H33FN4O2. The van der Waals surface area contributed by atoms with Crippen molar-refractivity contribution >= 4 is 27.7 Å². The Hall–Kier alpha value is -3.26. The summed E-state index contributed by atoms with van der Waals surface area (Å²) in [6.07, 6.45) is 0.549. The minimum atomic E-state index is -0.346. The van der Waals surface area contributed by atoms with Gasteiger partial charge < -0.3 is 20.4 Å². The first-order valence-electron chi connectivity index (χ1n) is 12.0. The molecule has 0 saturated carbocycles. The lowest BCUT2D eigenvalue weighted by atomic mass is 10.1. The van der Waals surface area contributed by atoms with Gasteiger partial charge in [-0.05, 0) is 49.8 Å². The number of amides is 1. The minimum Gasteiger partial charge on any atom is -0.378 e. The second kappa shape index (κ2) is 11.9. The molecule has 1 heterocycles. The van der Waals surface area contributed by atoms with Crippen LogP contribution in [0.5, 0.6) is 0 Å². The second-order valence-corrected chi connectivity index (χ2v) is 8.72. The molecule has 4 rings (SSSR count). The molecule has 0 radical (unpaired) electrons. The van der Waals surface area contributed by atoms with Crippen LogP contribution in [0.15, 0.2) is 72.8 Å². The number of hydrogen-bond acceptors (Lipinski definition) is 4. The molecule has 1 atom stereocenters. The maximum atomic E-state index is 13.1. The highest BCUT2D eigenvalue weighted by molar-refractivity contribution is 6.07. The van der Waals surface area contributed by atoms with Crippen LogP contribution >= 0.6 is 0 Å². The Morgan fingerprint density at radius 1 is 1.00 bits per heavy atom. The molecule has 3 aromatic carbocycles. The van der Waals surface area contributed by atoms with Crippen molar-refractivity contribution in [1.29, 1.82) is 0 Å². The van der Waals surface area contributed by atoms with E-state index >= 15 is 0 Å². The molecule has 35 heavy (non-hydrogen) atoms. The lowest BCUT2D eigenvalue weighted by Crippen LogP contribution is -2.47. The maximum absolute atomic E-state index is 13.1. The van der Waals surface area contributed by atoms with Crippen molar-refractivity contribution in [2.45, 2.75) is 25.6 Å². The fourth-order valence-electron chi connectivity index (χ4n) is 4.49. The van der Waals surface area contributed by atoms with Crippen molar-refractivity contribution in [2.24, 2.45) is 5.73 Å². The summed E-state index contributed by atoms with van der Waals surface area (Å²) in [5.74, 6) is -0.383. The highest BCUT2D eigenvalue weighted by Crippen LogP contribution is 2.28. The molecule has 1 unspecified atom stereocenters. The van der Waals surface area contributed by atoms with Gasteiger partial charge in [0.05, 0.1) is 19.3 Å². The fraction of sp³-hybridized carbons (Fsp3) is 0.321. The second-order valence-electron chi connectivity index (χ2n) is 8.72. The van der Waals surface area contributed by atoms with Crippen molar-refractivity contribution in [3.05, 3.63) is 84.2 Å². The number of nitrogens with two attached hydrogens (primary N) is 1. The summed E-state index contributed by atoms with van der Waals surface area (Å²) in [6.45, 7) is 3.22. The van der Waals surface area contributed by atoms with E-state index in [4.69, 9.17) is 10.5 Å². The third-order valence-electron chi connectivity index (χ3n) is 6.38. The van der Waals surface area contributed by atoms with Crippen LogP contribution in [0.3, 0.4) is 0 Å². The number of fused-ring (bicyclic) bond motifs is 3. The number of ether oxygens (including phenoxy) is 1.